The highest BCUT2D eigenvalue weighted by Crippen LogP contribution is 2.24. The summed E-state index contributed by atoms with van der Waals surface area (Å²) in [6.45, 7) is 2.20. The monoisotopic (exact) mass is 186 g/mol. The van der Waals surface area contributed by atoms with Crippen LogP contribution in [0.15, 0.2) is 0 Å². The highest BCUT2D eigenvalue weighted by atomic mass is 16.5. The van der Waals surface area contributed by atoms with Crippen LogP contribution in [0.4, 0.5) is 0 Å². The molecule has 0 spiro atoms. The summed E-state index contributed by atoms with van der Waals surface area (Å²) in [7, 11) is 0. The Morgan fingerprint density at radius 2 is 2.08 bits per heavy atom. The molecule has 0 heterocycles. The van der Waals surface area contributed by atoms with E-state index in [1.54, 1.807) is 6.92 Å². The van der Waals surface area contributed by atoms with E-state index in [9.17, 15) is 9.90 Å². The average Bonchev–Trinajstić information content (AvgIpc) is 2.30. The van der Waals surface area contributed by atoms with E-state index in [0.29, 0.717) is 6.61 Å². The normalized spacial score (nSPS) is 29.4. The van der Waals surface area contributed by atoms with Gasteiger partial charge in [0.1, 0.15) is 0 Å². The number of carbonyl (C=O) groups is 1. The van der Waals surface area contributed by atoms with Gasteiger partial charge in [0.2, 0.25) is 0 Å². The van der Waals surface area contributed by atoms with E-state index in [-0.39, 0.29) is 11.9 Å². The zero-order valence-electron chi connectivity index (χ0n) is 8.16. The summed E-state index contributed by atoms with van der Waals surface area (Å²) in [5.74, 6) is -0.501. The second kappa shape index (κ2) is 5.22. The van der Waals surface area contributed by atoms with Crippen LogP contribution in [-0.2, 0) is 9.53 Å². The summed E-state index contributed by atoms with van der Waals surface area (Å²) in [6, 6.07) is 0. The van der Waals surface area contributed by atoms with E-state index in [1.165, 1.54) is 0 Å². The highest BCUT2D eigenvalue weighted by molar-refractivity contribution is 5.73. The zero-order valence-corrected chi connectivity index (χ0v) is 8.16. The third-order valence-corrected chi connectivity index (χ3v) is 2.57. The first-order valence-corrected chi connectivity index (χ1v) is 5.10. The van der Waals surface area contributed by atoms with Crippen molar-refractivity contribution < 1.29 is 14.6 Å². The molecule has 1 rings (SSSR count). The lowest BCUT2D eigenvalue weighted by Gasteiger charge is -2.17. The van der Waals surface area contributed by atoms with Gasteiger partial charge in [0.15, 0.2) is 0 Å². The molecule has 13 heavy (non-hydrogen) atoms. The van der Waals surface area contributed by atoms with Gasteiger partial charge in [0.05, 0.1) is 18.6 Å². The predicted molar refractivity (Wildman–Crippen MR) is 49.2 cm³/mol. The maximum Gasteiger partial charge on any atom is 0.311 e. The standard InChI is InChI=1S/C10H18O3/c1-2-13-10(12)8-6-4-3-5-7-9(8)11/h8-9,11H,2-7H2,1H3/t8-,9+/m0/s1. The van der Waals surface area contributed by atoms with Gasteiger partial charge in [-0.3, -0.25) is 4.79 Å². The van der Waals surface area contributed by atoms with Crippen LogP contribution in [0.1, 0.15) is 39.0 Å². The van der Waals surface area contributed by atoms with Crippen molar-refractivity contribution in [3.05, 3.63) is 0 Å². The maximum absolute atomic E-state index is 11.4. The molecular weight excluding hydrogens is 168 g/mol. The second-order valence-electron chi connectivity index (χ2n) is 3.56. The molecule has 3 nitrogen and oxygen atoms in total. The van der Waals surface area contributed by atoms with E-state index in [1.807, 2.05) is 0 Å². The van der Waals surface area contributed by atoms with E-state index in [0.717, 1.165) is 32.1 Å². The number of aliphatic hydroxyl groups excluding tert-OH is 1. The molecule has 0 radical (unpaired) electrons. The number of hydrogen-bond acceptors (Lipinski definition) is 3. The first-order valence-electron chi connectivity index (χ1n) is 5.10. The first-order chi connectivity index (χ1) is 6.25. The van der Waals surface area contributed by atoms with E-state index < -0.39 is 6.10 Å². The molecule has 1 aliphatic rings. The predicted octanol–water partition coefficient (Wildman–Crippen LogP) is 1.49. The Bertz CT molecular complexity index is 168. The minimum atomic E-state index is -0.485. The number of rotatable bonds is 2. The Balaban J connectivity index is 2.48. The van der Waals surface area contributed by atoms with Crippen molar-refractivity contribution in [3.63, 3.8) is 0 Å². The molecule has 1 fully saturated rings. The molecule has 3 heteroatoms. The van der Waals surface area contributed by atoms with Crippen molar-refractivity contribution in [2.75, 3.05) is 6.61 Å². The van der Waals surface area contributed by atoms with Crippen molar-refractivity contribution in [3.8, 4) is 0 Å². The maximum atomic E-state index is 11.4. The van der Waals surface area contributed by atoms with E-state index in [4.69, 9.17) is 4.74 Å². The van der Waals surface area contributed by atoms with Crippen LogP contribution in [0.2, 0.25) is 0 Å². The topological polar surface area (TPSA) is 46.5 Å². The third kappa shape index (κ3) is 2.99. The summed E-state index contributed by atoms with van der Waals surface area (Å²) in [5.41, 5.74) is 0. The Labute approximate surface area is 79.1 Å². The van der Waals surface area contributed by atoms with Crippen LogP contribution < -0.4 is 0 Å². The summed E-state index contributed by atoms with van der Waals surface area (Å²) in [4.78, 5) is 11.4. The fourth-order valence-corrected chi connectivity index (χ4v) is 1.81. The molecule has 1 saturated carbocycles. The molecule has 0 saturated heterocycles. The fraction of sp³-hybridized carbons (Fsp3) is 0.900. The summed E-state index contributed by atoms with van der Waals surface area (Å²) in [6.07, 6.45) is 4.20. The fourth-order valence-electron chi connectivity index (χ4n) is 1.81. The smallest absolute Gasteiger partial charge is 0.311 e. The molecule has 1 aliphatic carbocycles. The van der Waals surface area contributed by atoms with Gasteiger partial charge in [0.25, 0.3) is 0 Å². The van der Waals surface area contributed by atoms with Crippen LogP contribution >= 0.6 is 0 Å². The highest BCUT2D eigenvalue weighted by Gasteiger charge is 2.28. The number of aliphatic hydroxyl groups is 1. The lowest BCUT2D eigenvalue weighted by molar-refractivity contribution is -0.152. The molecule has 0 aliphatic heterocycles. The first kappa shape index (κ1) is 10.5. The molecule has 0 aromatic carbocycles. The number of ether oxygens (including phenoxy) is 1. The van der Waals surface area contributed by atoms with Gasteiger partial charge < -0.3 is 9.84 Å². The van der Waals surface area contributed by atoms with Gasteiger partial charge >= 0.3 is 5.97 Å². The zero-order chi connectivity index (χ0) is 9.68. The molecule has 2 atom stereocenters. The Morgan fingerprint density at radius 1 is 1.38 bits per heavy atom. The van der Waals surface area contributed by atoms with Gasteiger partial charge in [-0.15, -0.1) is 0 Å². The Morgan fingerprint density at radius 3 is 2.77 bits per heavy atom. The van der Waals surface area contributed by atoms with Gasteiger partial charge in [-0.2, -0.15) is 0 Å². The van der Waals surface area contributed by atoms with Gasteiger partial charge in [-0.25, -0.2) is 0 Å². The van der Waals surface area contributed by atoms with E-state index in [2.05, 4.69) is 0 Å². The number of carbonyl (C=O) groups excluding carboxylic acids is 1. The Kier molecular flexibility index (Phi) is 4.22. The van der Waals surface area contributed by atoms with Crippen LogP contribution in [0, 0.1) is 5.92 Å². The summed E-state index contributed by atoms with van der Waals surface area (Å²) < 4.78 is 4.91. The van der Waals surface area contributed by atoms with Gasteiger partial charge in [-0.1, -0.05) is 19.3 Å². The molecule has 0 amide bonds. The third-order valence-electron chi connectivity index (χ3n) is 2.57. The van der Waals surface area contributed by atoms with Crippen LogP contribution in [-0.4, -0.2) is 23.8 Å². The van der Waals surface area contributed by atoms with Crippen LogP contribution in [0.3, 0.4) is 0 Å². The largest absolute Gasteiger partial charge is 0.466 e. The van der Waals surface area contributed by atoms with Crippen molar-refractivity contribution in [2.24, 2.45) is 5.92 Å². The average molecular weight is 186 g/mol. The van der Waals surface area contributed by atoms with Crippen molar-refractivity contribution in [1.29, 1.82) is 0 Å². The molecule has 0 bridgehead atoms. The molecular formula is C10H18O3. The van der Waals surface area contributed by atoms with Crippen molar-refractivity contribution >= 4 is 5.97 Å². The second-order valence-corrected chi connectivity index (χ2v) is 3.56. The van der Waals surface area contributed by atoms with Crippen molar-refractivity contribution in [1.82, 2.24) is 0 Å². The lowest BCUT2D eigenvalue weighted by atomic mass is 9.98. The molecule has 76 valence electrons. The van der Waals surface area contributed by atoms with Crippen molar-refractivity contribution in [2.45, 2.75) is 45.1 Å². The van der Waals surface area contributed by atoms with Gasteiger partial charge in [0, 0.05) is 0 Å². The minimum Gasteiger partial charge on any atom is -0.466 e. The number of esters is 1. The number of hydrogen-bond donors (Lipinski definition) is 1. The van der Waals surface area contributed by atoms with E-state index >= 15 is 0 Å². The molecule has 0 unspecified atom stereocenters. The minimum absolute atomic E-state index is 0.225. The molecule has 0 aromatic heterocycles. The molecule has 0 aromatic rings. The molecule has 1 N–H and O–H groups in total. The lowest BCUT2D eigenvalue weighted by Crippen LogP contribution is -2.28. The summed E-state index contributed by atoms with van der Waals surface area (Å²) >= 11 is 0. The quantitative estimate of drug-likeness (QED) is 0.525. The SMILES string of the molecule is CCOC(=O)[C@H]1CCCCC[C@H]1O. The Hall–Kier alpha value is -0.570. The van der Waals surface area contributed by atoms with Crippen LogP contribution in [0.25, 0.3) is 0 Å². The van der Waals surface area contributed by atoms with Crippen LogP contribution in [0.5, 0.6) is 0 Å². The van der Waals surface area contributed by atoms with Gasteiger partial charge in [-0.05, 0) is 19.8 Å². The summed E-state index contributed by atoms with van der Waals surface area (Å²) in [5, 5.41) is 9.65.